The monoisotopic (exact) mass is 319 g/mol. The molecule has 0 aliphatic rings. The highest BCUT2D eigenvalue weighted by Crippen LogP contribution is 2.18. The molecule has 2 rings (SSSR count). The van der Waals surface area contributed by atoms with Crippen LogP contribution in [0, 0.1) is 6.92 Å². The van der Waals surface area contributed by atoms with Gasteiger partial charge in [0.05, 0.1) is 5.56 Å². The van der Waals surface area contributed by atoms with E-state index >= 15 is 0 Å². The third kappa shape index (κ3) is 3.58. The fourth-order valence-corrected chi connectivity index (χ4v) is 1.98. The lowest BCUT2D eigenvalue weighted by Crippen LogP contribution is -2.22. The minimum atomic E-state index is -0.277. The Morgan fingerprint density at radius 1 is 1.21 bits per heavy atom. The number of amides is 1. The average Bonchev–Trinajstić information content (AvgIpc) is 2.37. The molecule has 1 amide bonds. The zero-order chi connectivity index (χ0) is 13.8. The number of carbonyl (C=O) groups excluding carboxylic acids is 1. The van der Waals surface area contributed by atoms with Crippen molar-refractivity contribution in [3.05, 3.63) is 63.6 Å². The Bertz CT molecular complexity index is 594. The van der Waals surface area contributed by atoms with Crippen LogP contribution in [0.3, 0.4) is 0 Å². The first-order valence-electron chi connectivity index (χ1n) is 5.88. The zero-order valence-corrected chi connectivity index (χ0v) is 12.1. The predicted octanol–water partition coefficient (Wildman–Crippen LogP) is 3.39. The Labute approximate surface area is 120 Å². The highest BCUT2D eigenvalue weighted by molar-refractivity contribution is 9.10. The van der Waals surface area contributed by atoms with Crippen molar-refractivity contribution in [1.29, 1.82) is 0 Å². The molecule has 19 heavy (non-hydrogen) atoms. The summed E-state index contributed by atoms with van der Waals surface area (Å²) >= 11 is 3.36. The van der Waals surface area contributed by atoms with Gasteiger partial charge in [0, 0.05) is 11.0 Å². The van der Waals surface area contributed by atoms with Crippen LogP contribution < -0.4 is 5.32 Å². The van der Waals surface area contributed by atoms with Crippen LogP contribution in [-0.4, -0.2) is 11.0 Å². The smallest absolute Gasteiger partial charge is 0.255 e. The third-order valence-electron chi connectivity index (χ3n) is 2.76. The fraction of sp³-hybridized carbons (Fsp3) is 0.133. The summed E-state index contributed by atoms with van der Waals surface area (Å²) in [6.07, 6.45) is 0. The largest absolute Gasteiger partial charge is 0.507 e. The Morgan fingerprint density at radius 2 is 1.89 bits per heavy atom. The van der Waals surface area contributed by atoms with Gasteiger partial charge in [-0.2, -0.15) is 0 Å². The number of halogens is 1. The van der Waals surface area contributed by atoms with Gasteiger partial charge in [0.15, 0.2) is 0 Å². The van der Waals surface area contributed by atoms with Crippen LogP contribution >= 0.6 is 15.9 Å². The number of aromatic hydroxyl groups is 1. The van der Waals surface area contributed by atoms with Crippen LogP contribution in [0.25, 0.3) is 0 Å². The van der Waals surface area contributed by atoms with E-state index in [4.69, 9.17) is 0 Å². The zero-order valence-electron chi connectivity index (χ0n) is 10.5. The second-order valence-electron chi connectivity index (χ2n) is 4.33. The number of nitrogens with one attached hydrogen (secondary N) is 1. The normalized spacial score (nSPS) is 10.2. The summed E-state index contributed by atoms with van der Waals surface area (Å²) in [5.41, 5.74) is 2.22. The number of phenols is 1. The van der Waals surface area contributed by atoms with Gasteiger partial charge in [0.1, 0.15) is 5.75 Å². The van der Waals surface area contributed by atoms with E-state index in [0.29, 0.717) is 12.1 Å². The van der Waals surface area contributed by atoms with E-state index in [9.17, 15) is 9.90 Å². The molecule has 0 bridgehead atoms. The first-order chi connectivity index (χ1) is 9.06. The van der Waals surface area contributed by atoms with E-state index < -0.39 is 0 Å². The molecule has 0 aliphatic carbocycles. The molecule has 0 heterocycles. The molecule has 4 heteroatoms. The van der Waals surface area contributed by atoms with Gasteiger partial charge in [-0.1, -0.05) is 34.1 Å². The number of phenolic OH excluding ortho intramolecular Hbond substituents is 1. The maximum absolute atomic E-state index is 11.9. The molecule has 0 aliphatic heterocycles. The Kier molecular flexibility index (Phi) is 4.22. The SMILES string of the molecule is Cc1ccc(C(=O)NCc2ccc(Br)cc2)c(O)c1. The lowest BCUT2D eigenvalue weighted by molar-refractivity contribution is 0.0948. The molecule has 0 saturated heterocycles. The Balaban J connectivity index is 2.03. The van der Waals surface area contributed by atoms with Crippen molar-refractivity contribution in [1.82, 2.24) is 5.32 Å². The van der Waals surface area contributed by atoms with Gasteiger partial charge in [-0.25, -0.2) is 0 Å². The molecule has 0 unspecified atom stereocenters. The van der Waals surface area contributed by atoms with Gasteiger partial charge >= 0.3 is 0 Å². The number of aryl methyl sites for hydroxylation is 1. The molecule has 98 valence electrons. The highest BCUT2D eigenvalue weighted by atomic mass is 79.9. The molecule has 2 aromatic rings. The summed E-state index contributed by atoms with van der Waals surface area (Å²) in [6, 6.07) is 12.7. The first kappa shape index (κ1) is 13.6. The average molecular weight is 320 g/mol. The first-order valence-corrected chi connectivity index (χ1v) is 6.68. The minimum absolute atomic E-state index is 0.00769. The molecule has 0 aromatic heterocycles. The lowest BCUT2D eigenvalue weighted by atomic mass is 10.1. The number of benzene rings is 2. The summed E-state index contributed by atoms with van der Waals surface area (Å²) in [7, 11) is 0. The van der Waals surface area contributed by atoms with Crippen molar-refractivity contribution >= 4 is 21.8 Å². The molecule has 2 aromatic carbocycles. The van der Waals surface area contributed by atoms with Crippen molar-refractivity contribution in [2.45, 2.75) is 13.5 Å². The quantitative estimate of drug-likeness (QED) is 0.911. The molecular weight excluding hydrogens is 306 g/mol. The van der Waals surface area contributed by atoms with E-state index in [2.05, 4.69) is 21.2 Å². The van der Waals surface area contributed by atoms with E-state index in [1.54, 1.807) is 18.2 Å². The molecule has 0 fully saturated rings. The van der Waals surface area contributed by atoms with Gasteiger partial charge in [-0.15, -0.1) is 0 Å². The molecule has 0 atom stereocenters. The van der Waals surface area contributed by atoms with Crippen molar-refractivity contribution in [2.75, 3.05) is 0 Å². The van der Waals surface area contributed by atoms with E-state index in [1.807, 2.05) is 31.2 Å². The van der Waals surface area contributed by atoms with Crippen molar-refractivity contribution in [2.24, 2.45) is 0 Å². The number of hydrogen-bond acceptors (Lipinski definition) is 2. The molecular formula is C15H14BrNO2. The summed E-state index contributed by atoms with van der Waals surface area (Å²) in [5.74, 6) is -0.270. The van der Waals surface area contributed by atoms with E-state index in [1.165, 1.54) is 0 Å². The maximum Gasteiger partial charge on any atom is 0.255 e. The molecule has 0 radical (unpaired) electrons. The van der Waals surface area contributed by atoms with Gasteiger partial charge in [0.25, 0.3) is 5.91 Å². The molecule has 0 saturated carbocycles. The second kappa shape index (κ2) is 5.89. The Hall–Kier alpha value is -1.81. The molecule has 3 nitrogen and oxygen atoms in total. The van der Waals surface area contributed by atoms with E-state index in [0.717, 1.165) is 15.6 Å². The maximum atomic E-state index is 11.9. The fourth-order valence-electron chi connectivity index (χ4n) is 1.71. The number of carbonyl (C=O) groups is 1. The summed E-state index contributed by atoms with van der Waals surface area (Å²) < 4.78 is 0.999. The second-order valence-corrected chi connectivity index (χ2v) is 5.25. The van der Waals surface area contributed by atoms with Gasteiger partial charge in [-0.3, -0.25) is 4.79 Å². The van der Waals surface area contributed by atoms with Gasteiger partial charge in [-0.05, 0) is 42.3 Å². The van der Waals surface area contributed by atoms with Crippen LogP contribution in [-0.2, 0) is 6.54 Å². The predicted molar refractivity (Wildman–Crippen MR) is 78.2 cm³/mol. The molecule has 0 spiro atoms. The summed E-state index contributed by atoms with van der Waals surface area (Å²) in [5, 5.41) is 12.5. The lowest BCUT2D eigenvalue weighted by Gasteiger charge is -2.07. The van der Waals surface area contributed by atoms with Crippen LogP contribution in [0.2, 0.25) is 0 Å². The van der Waals surface area contributed by atoms with Crippen molar-refractivity contribution < 1.29 is 9.90 Å². The number of hydrogen-bond donors (Lipinski definition) is 2. The minimum Gasteiger partial charge on any atom is -0.507 e. The number of rotatable bonds is 3. The van der Waals surface area contributed by atoms with Gasteiger partial charge < -0.3 is 10.4 Å². The van der Waals surface area contributed by atoms with Crippen LogP contribution in [0.15, 0.2) is 46.9 Å². The van der Waals surface area contributed by atoms with Crippen molar-refractivity contribution in [3.63, 3.8) is 0 Å². The third-order valence-corrected chi connectivity index (χ3v) is 3.29. The van der Waals surface area contributed by atoms with Gasteiger partial charge in [0.2, 0.25) is 0 Å². The topological polar surface area (TPSA) is 49.3 Å². The molecule has 2 N–H and O–H groups in total. The van der Waals surface area contributed by atoms with Crippen molar-refractivity contribution in [3.8, 4) is 5.75 Å². The van der Waals surface area contributed by atoms with E-state index in [-0.39, 0.29) is 11.7 Å². The highest BCUT2D eigenvalue weighted by Gasteiger charge is 2.10. The summed E-state index contributed by atoms with van der Waals surface area (Å²) in [4.78, 5) is 11.9. The van der Waals surface area contributed by atoms with Crippen LogP contribution in [0.1, 0.15) is 21.5 Å². The van der Waals surface area contributed by atoms with Crippen LogP contribution in [0.5, 0.6) is 5.75 Å². The Morgan fingerprint density at radius 3 is 2.53 bits per heavy atom. The standard InChI is InChI=1S/C15H14BrNO2/c1-10-2-7-13(14(18)8-10)15(19)17-9-11-3-5-12(16)6-4-11/h2-8,18H,9H2,1H3,(H,17,19). The summed E-state index contributed by atoms with van der Waals surface area (Å²) in [6.45, 7) is 2.29. The van der Waals surface area contributed by atoms with Crippen LogP contribution in [0.4, 0.5) is 0 Å².